The van der Waals surface area contributed by atoms with Crippen molar-refractivity contribution in [3.63, 3.8) is 0 Å². The number of thiophene rings is 2. The van der Waals surface area contributed by atoms with Crippen molar-refractivity contribution in [2.45, 2.75) is 6.54 Å². The molecule has 3 aromatic heterocycles. The van der Waals surface area contributed by atoms with Gasteiger partial charge in [-0.3, -0.25) is 4.79 Å². The summed E-state index contributed by atoms with van der Waals surface area (Å²) in [7, 11) is 1.76. The molecule has 1 amide bonds. The van der Waals surface area contributed by atoms with Crippen molar-refractivity contribution in [1.29, 1.82) is 0 Å². The van der Waals surface area contributed by atoms with Crippen molar-refractivity contribution in [2.24, 2.45) is 0 Å². The van der Waals surface area contributed by atoms with Gasteiger partial charge < -0.3 is 9.42 Å². The Hall–Kier alpha value is -1.44. The normalized spacial score (nSPS) is 10.8. The largest absolute Gasteiger partial charge is 0.355 e. The van der Waals surface area contributed by atoms with Gasteiger partial charge in [0.2, 0.25) is 0 Å². The molecule has 0 spiro atoms. The highest BCUT2D eigenvalue weighted by molar-refractivity contribution is 9.11. The maximum atomic E-state index is 12.3. The van der Waals surface area contributed by atoms with Gasteiger partial charge in [-0.15, -0.1) is 22.7 Å². The molecule has 0 saturated heterocycles. The second kappa shape index (κ2) is 6.13. The number of nitrogens with zero attached hydrogens (tertiary/aromatic N) is 2. The van der Waals surface area contributed by atoms with Gasteiger partial charge in [-0.25, -0.2) is 0 Å². The summed E-state index contributed by atoms with van der Waals surface area (Å²) in [5.74, 6) is 0.478. The molecule has 0 bridgehead atoms. The molecule has 0 aromatic carbocycles. The van der Waals surface area contributed by atoms with Gasteiger partial charge in [-0.2, -0.15) is 0 Å². The third kappa shape index (κ3) is 3.25. The third-order valence-corrected chi connectivity index (χ3v) is 5.35. The predicted molar refractivity (Wildman–Crippen MR) is 87.6 cm³/mol. The molecule has 0 aliphatic carbocycles. The SMILES string of the molecule is CN(Cc1ccc(Br)s1)C(=O)c1cc(-c2cccs2)on1. The lowest BCUT2D eigenvalue weighted by molar-refractivity contribution is 0.0776. The van der Waals surface area contributed by atoms with Crippen LogP contribution in [-0.4, -0.2) is 23.0 Å². The van der Waals surface area contributed by atoms with Gasteiger partial charge in [-0.1, -0.05) is 11.2 Å². The van der Waals surface area contributed by atoms with Gasteiger partial charge in [0.1, 0.15) is 0 Å². The summed E-state index contributed by atoms with van der Waals surface area (Å²) in [4.78, 5) is 16.0. The number of hydrogen-bond donors (Lipinski definition) is 0. The Bertz CT molecular complexity index is 749. The summed E-state index contributed by atoms with van der Waals surface area (Å²) in [6, 6.07) is 9.54. The summed E-state index contributed by atoms with van der Waals surface area (Å²) in [5.41, 5.74) is 0.330. The zero-order chi connectivity index (χ0) is 14.8. The Morgan fingerprint density at radius 1 is 1.43 bits per heavy atom. The summed E-state index contributed by atoms with van der Waals surface area (Å²) in [6.45, 7) is 0.552. The van der Waals surface area contributed by atoms with E-state index in [2.05, 4.69) is 21.1 Å². The fourth-order valence-electron chi connectivity index (χ4n) is 1.85. The number of halogens is 1. The molecule has 7 heteroatoms. The van der Waals surface area contributed by atoms with Crippen molar-refractivity contribution in [3.8, 4) is 10.6 Å². The molecule has 21 heavy (non-hydrogen) atoms. The third-order valence-electron chi connectivity index (χ3n) is 2.86. The molecular weight excluding hydrogens is 372 g/mol. The molecule has 4 nitrogen and oxygen atoms in total. The van der Waals surface area contributed by atoms with Crippen LogP contribution >= 0.6 is 38.6 Å². The summed E-state index contributed by atoms with van der Waals surface area (Å²) in [6.07, 6.45) is 0. The van der Waals surface area contributed by atoms with Crippen LogP contribution in [0.15, 0.2) is 44.0 Å². The molecule has 3 aromatic rings. The second-order valence-electron chi connectivity index (χ2n) is 4.42. The van der Waals surface area contributed by atoms with E-state index >= 15 is 0 Å². The van der Waals surface area contributed by atoms with Crippen molar-refractivity contribution >= 4 is 44.5 Å². The Balaban J connectivity index is 1.72. The number of carbonyl (C=O) groups excluding carboxylic acids is 1. The predicted octanol–water partition coefficient (Wildman–Crippen LogP) is 4.50. The van der Waals surface area contributed by atoms with E-state index in [0.29, 0.717) is 18.0 Å². The van der Waals surface area contributed by atoms with E-state index in [9.17, 15) is 4.79 Å². The highest BCUT2D eigenvalue weighted by atomic mass is 79.9. The second-order valence-corrected chi connectivity index (χ2v) is 7.92. The first-order valence-corrected chi connectivity index (χ1v) is 8.62. The molecule has 0 aliphatic heterocycles. The van der Waals surface area contributed by atoms with E-state index in [1.54, 1.807) is 40.7 Å². The van der Waals surface area contributed by atoms with Crippen LogP contribution in [-0.2, 0) is 6.54 Å². The average Bonchev–Trinajstić information content (AvgIpc) is 3.18. The van der Waals surface area contributed by atoms with E-state index in [0.717, 1.165) is 13.5 Å². The minimum absolute atomic E-state index is 0.147. The van der Waals surface area contributed by atoms with Crippen LogP contribution in [0, 0.1) is 0 Å². The topological polar surface area (TPSA) is 46.3 Å². The van der Waals surface area contributed by atoms with E-state index in [1.807, 2.05) is 29.6 Å². The molecule has 0 unspecified atom stereocenters. The number of carbonyl (C=O) groups is 1. The lowest BCUT2D eigenvalue weighted by atomic mass is 10.3. The first kappa shape index (κ1) is 14.5. The van der Waals surface area contributed by atoms with Crippen LogP contribution < -0.4 is 0 Å². The maximum Gasteiger partial charge on any atom is 0.276 e. The molecule has 0 saturated carbocycles. The molecule has 0 aliphatic rings. The highest BCUT2D eigenvalue weighted by Crippen LogP contribution is 2.26. The number of aromatic nitrogens is 1. The van der Waals surface area contributed by atoms with Gasteiger partial charge in [-0.05, 0) is 39.5 Å². The summed E-state index contributed by atoms with van der Waals surface area (Å²) >= 11 is 6.58. The first-order chi connectivity index (χ1) is 10.1. The van der Waals surface area contributed by atoms with Crippen LogP contribution in [0.4, 0.5) is 0 Å². The quantitative estimate of drug-likeness (QED) is 0.667. The minimum atomic E-state index is -0.147. The minimum Gasteiger partial charge on any atom is -0.355 e. The van der Waals surface area contributed by atoms with Crippen LogP contribution in [0.5, 0.6) is 0 Å². The van der Waals surface area contributed by atoms with E-state index in [1.165, 1.54) is 0 Å². The Kier molecular flexibility index (Phi) is 4.23. The van der Waals surface area contributed by atoms with E-state index in [4.69, 9.17) is 4.52 Å². The fourth-order valence-corrected chi connectivity index (χ4v) is 4.06. The van der Waals surface area contributed by atoms with Gasteiger partial charge in [0.15, 0.2) is 11.5 Å². The fraction of sp³-hybridized carbons (Fsp3) is 0.143. The monoisotopic (exact) mass is 382 g/mol. The lowest BCUT2D eigenvalue weighted by Gasteiger charge is -2.13. The molecular formula is C14H11BrN2O2S2. The molecule has 0 N–H and O–H groups in total. The number of hydrogen-bond acceptors (Lipinski definition) is 5. The highest BCUT2D eigenvalue weighted by Gasteiger charge is 2.18. The first-order valence-electron chi connectivity index (χ1n) is 6.14. The van der Waals surface area contributed by atoms with Crippen LogP contribution in [0.2, 0.25) is 0 Å². The molecule has 0 radical (unpaired) electrons. The van der Waals surface area contributed by atoms with Crippen molar-refractivity contribution in [3.05, 3.63) is 50.1 Å². The van der Waals surface area contributed by atoms with Crippen molar-refractivity contribution < 1.29 is 9.32 Å². The molecule has 3 rings (SSSR count). The average molecular weight is 383 g/mol. The van der Waals surface area contributed by atoms with Crippen molar-refractivity contribution in [2.75, 3.05) is 7.05 Å². The standard InChI is InChI=1S/C14H11BrN2O2S2/c1-17(8-9-4-5-13(15)21-9)14(18)10-7-11(19-16-10)12-3-2-6-20-12/h2-7H,8H2,1H3. The molecule has 0 fully saturated rings. The zero-order valence-corrected chi connectivity index (χ0v) is 14.3. The molecule has 108 valence electrons. The van der Waals surface area contributed by atoms with Gasteiger partial charge in [0.05, 0.1) is 15.2 Å². The zero-order valence-electron chi connectivity index (χ0n) is 11.1. The van der Waals surface area contributed by atoms with Crippen molar-refractivity contribution in [1.82, 2.24) is 10.1 Å². The Labute approximate surface area is 138 Å². The Morgan fingerprint density at radius 3 is 2.95 bits per heavy atom. The summed E-state index contributed by atoms with van der Waals surface area (Å²) < 4.78 is 6.30. The van der Waals surface area contributed by atoms with E-state index < -0.39 is 0 Å². The van der Waals surface area contributed by atoms with Crippen LogP contribution in [0.25, 0.3) is 10.6 Å². The van der Waals surface area contributed by atoms with Crippen LogP contribution in [0.1, 0.15) is 15.4 Å². The maximum absolute atomic E-state index is 12.3. The number of amides is 1. The van der Waals surface area contributed by atoms with Gasteiger partial charge in [0.25, 0.3) is 5.91 Å². The Morgan fingerprint density at radius 2 is 2.29 bits per heavy atom. The van der Waals surface area contributed by atoms with Crippen LogP contribution in [0.3, 0.4) is 0 Å². The smallest absolute Gasteiger partial charge is 0.276 e. The number of rotatable bonds is 4. The molecule has 0 atom stereocenters. The molecule has 3 heterocycles. The lowest BCUT2D eigenvalue weighted by Crippen LogP contribution is -2.26. The van der Waals surface area contributed by atoms with Gasteiger partial charge >= 0.3 is 0 Å². The van der Waals surface area contributed by atoms with E-state index in [-0.39, 0.29) is 5.91 Å². The van der Waals surface area contributed by atoms with Gasteiger partial charge in [0, 0.05) is 18.0 Å². The summed E-state index contributed by atoms with van der Waals surface area (Å²) in [5, 5.41) is 5.83.